The van der Waals surface area contributed by atoms with E-state index >= 15 is 0 Å². The van der Waals surface area contributed by atoms with Crippen molar-refractivity contribution in [2.24, 2.45) is 5.11 Å². The summed E-state index contributed by atoms with van der Waals surface area (Å²) in [4.78, 5) is 31.1. The number of aryl methyl sites for hydroxylation is 2. The van der Waals surface area contributed by atoms with E-state index < -0.39 is 6.09 Å². The Hall–Kier alpha value is -3.85. The molecule has 2 heterocycles. The molecule has 2 aromatic heterocycles. The van der Waals surface area contributed by atoms with Crippen molar-refractivity contribution in [3.05, 3.63) is 57.9 Å². The zero-order chi connectivity index (χ0) is 25.2. The van der Waals surface area contributed by atoms with Crippen molar-refractivity contribution in [2.45, 2.75) is 77.1 Å². The van der Waals surface area contributed by atoms with Gasteiger partial charge in [-0.25, -0.2) is 4.79 Å². The number of azide groups is 1. The average Bonchev–Trinajstić information content (AvgIpc) is 3.45. The van der Waals surface area contributed by atoms with Crippen molar-refractivity contribution in [1.82, 2.24) is 24.5 Å². The van der Waals surface area contributed by atoms with Crippen LogP contribution < -0.4 is 0 Å². The first-order valence-corrected chi connectivity index (χ1v) is 12.5. The van der Waals surface area contributed by atoms with Crippen LogP contribution in [0.15, 0.2) is 35.7 Å². The van der Waals surface area contributed by atoms with Gasteiger partial charge in [0.2, 0.25) is 0 Å². The lowest BCUT2D eigenvalue weighted by molar-refractivity contribution is 0.0644. The molecule has 1 unspecified atom stereocenters. The van der Waals surface area contributed by atoms with Crippen LogP contribution in [-0.2, 0) is 24.1 Å². The Labute approximate surface area is 208 Å². The summed E-state index contributed by atoms with van der Waals surface area (Å²) in [7, 11) is 0. The molecule has 1 atom stereocenters. The highest BCUT2D eigenvalue weighted by Crippen LogP contribution is 2.35. The van der Waals surface area contributed by atoms with Gasteiger partial charge in [0, 0.05) is 41.7 Å². The van der Waals surface area contributed by atoms with Crippen molar-refractivity contribution in [3.63, 3.8) is 0 Å². The Balaban J connectivity index is 1.37. The van der Waals surface area contributed by atoms with Gasteiger partial charge in [-0.05, 0) is 75.6 Å². The number of amides is 1. The van der Waals surface area contributed by atoms with Crippen LogP contribution in [0.3, 0.4) is 0 Å². The number of aromatic nitrogens is 4. The fourth-order valence-electron chi connectivity index (χ4n) is 5.00. The normalized spacial score (nSPS) is 17.0. The molecule has 1 aromatic carbocycles. The van der Waals surface area contributed by atoms with Gasteiger partial charge in [-0.1, -0.05) is 11.2 Å². The second-order valence-corrected chi connectivity index (χ2v) is 9.73. The second-order valence-electron chi connectivity index (χ2n) is 9.73. The fourth-order valence-corrected chi connectivity index (χ4v) is 5.00. The van der Waals surface area contributed by atoms with Gasteiger partial charge < -0.3 is 9.64 Å². The number of carbonyl (C=O) groups excluding carboxylic acids is 2. The van der Waals surface area contributed by atoms with Crippen LogP contribution in [0.1, 0.15) is 61.1 Å². The third kappa shape index (κ3) is 4.79. The molecule has 11 heteroatoms. The topological polar surface area (TPSA) is 131 Å². The Morgan fingerprint density at radius 1 is 1.28 bits per heavy atom. The number of nitrogens with zero attached hydrogens (tertiary/aromatic N) is 8. The van der Waals surface area contributed by atoms with Crippen molar-refractivity contribution in [1.29, 1.82) is 0 Å². The third-order valence-corrected chi connectivity index (χ3v) is 6.75. The molecule has 0 radical (unpaired) electrons. The van der Waals surface area contributed by atoms with Crippen LogP contribution in [0.5, 0.6) is 0 Å². The Kier molecular flexibility index (Phi) is 6.65. The molecule has 0 aliphatic heterocycles. The van der Waals surface area contributed by atoms with Crippen LogP contribution in [0.4, 0.5) is 4.79 Å². The van der Waals surface area contributed by atoms with Crippen LogP contribution in [0.25, 0.3) is 21.3 Å². The molecule has 1 fully saturated rings. The molecule has 3 aromatic rings. The molecule has 0 N–H and O–H groups in total. The first-order valence-electron chi connectivity index (χ1n) is 12.5. The minimum absolute atomic E-state index is 0.0248. The van der Waals surface area contributed by atoms with Gasteiger partial charge in [-0.3, -0.25) is 9.48 Å². The lowest BCUT2D eigenvalue weighted by Gasteiger charge is -2.34. The van der Waals surface area contributed by atoms with Crippen LogP contribution in [0.2, 0.25) is 0 Å². The van der Waals surface area contributed by atoms with Gasteiger partial charge in [0.05, 0.1) is 29.1 Å². The summed E-state index contributed by atoms with van der Waals surface area (Å²) < 4.78 is 8.42. The molecule has 2 aliphatic carbocycles. The minimum atomic E-state index is -0.478. The molecular formula is C25H30N8O3. The Morgan fingerprint density at radius 2 is 2.11 bits per heavy atom. The van der Waals surface area contributed by atoms with E-state index in [0.717, 1.165) is 41.4 Å². The van der Waals surface area contributed by atoms with E-state index in [-0.39, 0.29) is 24.1 Å². The van der Waals surface area contributed by atoms with Crippen LogP contribution in [0, 0.1) is 0 Å². The number of rotatable bonds is 8. The van der Waals surface area contributed by atoms with E-state index in [1.54, 1.807) is 12.4 Å². The fraction of sp³-hybridized carbons (Fsp3) is 0.520. The molecule has 1 amide bonds. The number of hydrogen-bond donors (Lipinski definition) is 0. The molecule has 0 spiro atoms. The Morgan fingerprint density at radius 3 is 2.86 bits per heavy atom. The summed E-state index contributed by atoms with van der Waals surface area (Å²) in [6, 6.07) is 6.02. The standard InChI is InChI=1S/C25H30N8O3/c1-16(2)36-25(35)32-15-17-13-19(9-10-22(17)29-32)33(18-7-8-18)24(34)20-5-3-6-23-21(20)14-28-31(23)12-4-11-27-30-26/h3,5-6,14-16,18-19H,4,7-13H2,1-2H3. The van der Waals surface area contributed by atoms with E-state index in [9.17, 15) is 9.59 Å². The SMILES string of the molecule is CC(C)OC(=O)n1cc2c(n1)CCC(N(C(=O)c1cccc3c1cnn3CCCN=[N+]=[N-])C1CC1)C2. The predicted molar refractivity (Wildman–Crippen MR) is 133 cm³/mol. The van der Waals surface area contributed by atoms with Gasteiger partial charge in [0.15, 0.2) is 0 Å². The molecule has 36 heavy (non-hydrogen) atoms. The molecule has 11 nitrogen and oxygen atoms in total. The summed E-state index contributed by atoms with van der Waals surface area (Å²) in [6.07, 6.45) is 7.69. The van der Waals surface area contributed by atoms with Gasteiger partial charge >= 0.3 is 6.09 Å². The molecule has 188 valence electrons. The van der Waals surface area contributed by atoms with Gasteiger partial charge in [-0.15, -0.1) is 0 Å². The number of hydrogen-bond acceptors (Lipinski definition) is 6. The molecular weight excluding hydrogens is 460 g/mol. The zero-order valence-corrected chi connectivity index (χ0v) is 20.6. The van der Waals surface area contributed by atoms with Crippen molar-refractivity contribution >= 4 is 22.9 Å². The maximum Gasteiger partial charge on any atom is 0.434 e. The van der Waals surface area contributed by atoms with Gasteiger partial charge in [-0.2, -0.15) is 14.9 Å². The van der Waals surface area contributed by atoms with Crippen molar-refractivity contribution in [2.75, 3.05) is 6.54 Å². The number of carbonyl (C=O) groups is 2. The van der Waals surface area contributed by atoms with E-state index in [2.05, 4.69) is 25.1 Å². The molecule has 2 aliphatic rings. The summed E-state index contributed by atoms with van der Waals surface area (Å²) in [5, 5.41) is 13.4. The second kappa shape index (κ2) is 10.0. The molecule has 0 bridgehead atoms. The van der Waals surface area contributed by atoms with E-state index in [1.807, 2.05) is 36.7 Å². The van der Waals surface area contributed by atoms with E-state index in [0.29, 0.717) is 37.9 Å². The summed E-state index contributed by atoms with van der Waals surface area (Å²) >= 11 is 0. The quantitative estimate of drug-likeness (QED) is 0.199. The van der Waals surface area contributed by atoms with Crippen molar-refractivity contribution < 1.29 is 14.3 Å². The molecule has 0 saturated heterocycles. The lowest BCUT2D eigenvalue weighted by Crippen LogP contribution is -2.44. The van der Waals surface area contributed by atoms with Gasteiger partial charge in [0.25, 0.3) is 5.91 Å². The maximum absolute atomic E-state index is 13.9. The summed E-state index contributed by atoms with van der Waals surface area (Å²) in [5.41, 5.74) is 11.9. The third-order valence-electron chi connectivity index (χ3n) is 6.75. The maximum atomic E-state index is 13.9. The van der Waals surface area contributed by atoms with Gasteiger partial charge in [0.1, 0.15) is 0 Å². The van der Waals surface area contributed by atoms with E-state index in [4.69, 9.17) is 10.3 Å². The van der Waals surface area contributed by atoms with Crippen molar-refractivity contribution in [3.8, 4) is 0 Å². The first-order chi connectivity index (χ1) is 17.5. The number of benzene rings is 1. The monoisotopic (exact) mass is 490 g/mol. The highest BCUT2D eigenvalue weighted by Gasteiger charge is 2.40. The van der Waals surface area contributed by atoms with E-state index in [1.165, 1.54) is 4.68 Å². The molecule has 1 saturated carbocycles. The zero-order valence-electron chi connectivity index (χ0n) is 20.6. The average molecular weight is 491 g/mol. The van der Waals surface area contributed by atoms with Crippen LogP contribution >= 0.6 is 0 Å². The lowest BCUT2D eigenvalue weighted by atomic mass is 9.91. The summed E-state index contributed by atoms with van der Waals surface area (Å²) in [5.74, 6) is 0.0248. The largest absolute Gasteiger partial charge is 0.445 e. The number of fused-ring (bicyclic) bond motifs is 2. The predicted octanol–water partition coefficient (Wildman–Crippen LogP) is 4.49. The highest BCUT2D eigenvalue weighted by molar-refractivity contribution is 6.06. The summed E-state index contributed by atoms with van der Waals surface area (Å²) in [6.45, 7) is 4.64. The Bertz CT molecular complexity index is 1330. The first kappa shape index (κ1) is 23.9. The molecule has 5 rings (SSSR count). The smallest absolute Gasteiger partial charge is 0.434 e. The van der Waals surface area contributed by atoms with Crippen LogP contribution in [-0.4, -0.2) is 61.2 Å². The minimum Gasteiger partial charge on any atom is -0.445 e. The highest BCUT2D eigenvalue weighted by atomic mass is 16.6. The number of ether oxygens (including phenoxy) is 1.